The number of benzene rings is 1. The molecule has 2 aliphatic heterocycles. The summed E-state index contributed by atoms with van der Waals surface area (Å²) in [5.41, 5.74) is 0.926. The molecule has 5 heteroatoms. The zero-order valence-electron chi connectivity index (χ0n) is 11.4. The van der Waals surface area contributed by atoms with Crippen LogP contribution in [0.1, 0.15) is 31.1 Å². The highest BCUT2D eigenvalue weighted by atomic mass is 16.5. The van der Waals surface area contributed by atoms with Gasteiger partial charge < -0.3 is 14.6 Å². The molecule has 3 atom stereocenters. The van der Waals surface area contributed by atoms with Crippen LogP contribution in [0.15, 0.2) is 28.8 Å². The molecule has 3 unspecified atom stereocenters. The van der Waals surface area contributed by atoms with Gasteiger partial charge in [0, 0.05) is 17.6 Å². The number of hydrogen-bond acceptors (Lipinski definition) is 5. The van der Waals surface area contributed by atoms with Crippen LogP contribution in [-0.2, 0) is 0 Å². The molecule has 0 amide bonds. The van der Waals surface area contributed by atoms with E-state index < -0.39 is 0 Å². The van der Waals surface area contributed by atoms with E-state index in [1.807, 2.05) is 24.3 Å². The van der Waals surface area contributed by atoms with Gasteiger partial charge in [0.25, 0.3) is 0 Å². The number of nitrogens with zero attached hydrogens (tertiary/aromatic N) is 2. The maximum Gasteiger partial charge on any atom is 0.231 e. The van der Waals surface area contributed by atoms with Crippen LogP contribution >= 0.6 is 0 Å². The van der Waals surface area contributed by atoms with Crippen molar-refractivity contribution in [3.63, 3.8) is 0 Å². The minimum Gasteiger partial charge on any atom is -0.497 e. The smallest absolute Gasteiger partial charge is 0.231 e. The fourth-order valence-electron chi connectivity index (χ4n) is 3.36. The molecule has 2 aromatic rings. The van der Waals surface area contributed by atoms with Crippen molar-refractivity contribution in [2.24, 2.45) is 0 Å². The van der Waals surface area contributed by atoms with Crippen LogP contribution < -0.4 is 10.1 Å². The Hall–Kier alpha value is -1.88. The highest BCUT2D eigenvalue weighted by Gasteiger charge is 2.42. The lowest BCUT2D eigenvalue weighted by Crippen LogP contribution is -2.21. The van der Waals surface area contributed by atoms with Crippen LogP contribution in [0.4, 0.5) is 0 Å². The number of fused-ring (bicyclic) bond motifs is 2. The Balaban J connectivity index is 1.61. The van der Waals surface area contributed by atoms with Gasteiger partial charge in [-0.25, -0.2) is 0 Å². The van der Waals surface area contributed by atoms with Gasteiger partial charge in [-0.3, -0.25) is 0 Å². The van der Waals surface area contributed by atoms with Crippen LogP contribution in [-0.4, -0.2) is 29.3 Å². The van der Waals surface area contributed by atoms with Crippen LogP contribution in [0.5, 0.6) is 5.75 Å². The molecule has 5 nitrogen and oxygen atoms in total. The van der Waals surface area contributed by atoms with Gasteiger partial charge in [0.15, 0.2) is 0 Å². The van der Waals surface area contributed by atoms with Gasteiger partial charge in [0.2, 0.25) is 11.7 Å². The SMILES string of the molecule is COc1cccc(-c2noc(C3CC4CCC3N4)n2)c1. The van der Waals surface area contributed by atoms with Gasteiger partial charge in [-0.2, -0.15) is 4.98 Å². The van der Waals surface area contributed by atoms with Gasteiger partial charge in [0.1, 0.15) is 5.75 Å². The summed E-state index contributed by atoms with van der Waals surface area (Å²) in [6.45, 7) is 0. The first-order chi connectivity index (χ1) is 9.83. The Morgan fingerprint density at radius 2 is 2.30 bits per heavy atom. The summed E-state index contributed by atoms with van der Waals surface area (Å²) < 4.78 is 10.7. The topological polar surface area (TPSA) is 60.2 Å². The fourth-order valence-corrected chi connectivity index (χ4v) is 3.36. The summed E-state index contributed by atoms with van der Waals surface area (Å²) in [5.74, 6) is 2.58. The minimum absolute atomic E-state index is 0.376. The van der Waals surface area contributed by atoms with Gasteiger partial charge in [-0.15, -0.1) is 0 Å². The van der Waals surface area contributed by atoms with Crippen LogP contribution in [0.3, 0.4) is 0 Å². The van der Waals surface area contributed by atoms with E-state index in [4.69, 9.17) is 9.26 Å². The number of aromatic nitrogens is 2. The average molecular weight is 271 g/mol. The first kappa shape index (κ1) is 11.9. The van der Waals surface area contributed by atoms with E-state index >= 15 is 0 Å². The number of nitrogens with one attached hydrogen (secondary N) is 1. The van der Waals surface area contributed by atoms with E-state index in [1.165, 1.54) is 12.8 Å². The Labute approximate surface area is 117 Å². The lowest BCUT2D eigenvalue weighted by molar-refractivity contribution is 0.329. The second kappa shape index (κ2) is 4.59. The number of ether oxygens (including phenoxy) is 1. The van der Waals surface area contributed by atoms with Crippen molar-refractivity contribution in [1.29, 1.82) is 0 Å². The second-order valence-electron chi connectivity index (χ2n) is 5.58. The average Bonchev–Trinajstić information content (AvgIpc) is 3.22. The van der Waals surface area contributed by atoms with Crippen LogP contribution in [0, 0.1) is 0 Å². The van der Waals surface area contributed by atoms with E-state index in [-0.39, 0.29) is 0 Å². The first-order valence-corrected chi connectivity index (χ1v) is 7.07. The van der Waals surface area contributed by atoms with Crippen molar-refractivity contribution >= 4 is 0 Å². The van der Waals surface area contributed by atoms with Gasteiger partial charge >= 0.3 is 0 Å². The molecule has 0 aliphatic carbocycles. The predicted octanol–water partition coefficient (Wildman–Crippen LogP) is 2.35. The third-order valence-corrected chi connectivity index (χ3v) is 4.39. The standard InChI is InChI=1S/C15H17N3O2/c1-19-11-4-2-3-9(7-11)14-17-15(20-18-14)12-8-10-5-6-13(12)16-10/h2-4,7,10,12-13,16H,5-6,8H2,1H3. The van der Waals surface area contributed by atoms with Crippen molar-refractivity contribution in [2.75, 3.05) is 7.11 Å². The molecule has 1 N–H and O–H groups in total. The second-order valence-corrected chi connectivity index (χ2v) is 5.58. The molecule has 20 heavy (non-hydrogen) atoms. The van der Waals surface area contributed by atoms with Crippen molar-refractivity contribution in [3.8, 4) is 17.1 Å². The lowest BCUT2D eigenvalue weighted by Gasteiger charge is -2.15. The Morgan fingerprint density at radius 3 is 3.05 bits per heavy atom. The normalized spacial score (nSPS) is 27.9. The summed E-state index contributed by atoms with van der Waals surface area (Å²) >= 11 is 0. The highest BCUT2D eigenvalue weighted by molar-refractivity contribution is 5.56. The molecule has 4 rings (SSSR count). The molecule has 2 aliphatic rings. The van der Waals surface area contributed by atoms with E-state index in [9.17, 15) is 0 Å². The van der Waals surface area contributed by atoms with Crippen molar-refractivity contribution in [2.45, 2.75) is 37.3 Å². The van der Waals surface area contributed by atoms with E-state index in [0.717, 1.165) is 23.6 Å². The highest BCUT2D eigenvalue weighted by Crippen LogP contribution is 2.39. The van der Waals surface area contributed by atoms with Crippen molar-refractivity contribution in [3.05, 3.63) is 30.2 Å². The summed E-state index contributed by atoms with van der Waals surface area (Å²) in [7, 11) is 1.65. The third-order valence-electron chi connectivity index (χ3n) is 4.39. The predicted molar refractivity (Wildman–Crippen MR) is 73.6 cm³/mol. The summed E-state index contributed by atoms with van der Waals surface area (Å²) in [5, 5.41) is 7.72. The molecule has 104 valence electrons. The molecule has 3 heterocycles. The maximum atomic E-state index is 5.49. The summed E-state index contributed by atoms with van der Waals surface area (Å²) in [6.07, 6.45) is 3.61. The van der Waals surface area contributed by atoms with Gasteiger partial charge in [-0.05, 0) is 31.4 Å². The molecule has 2 fully saturated rings. The molecular weight excluding hydrogens is 254 g/mol. The monoisotopic (exact) mass is 271 g/mol. The Kier molecular flexibility index (Phi) is 2.73. The Bertz CT molecular complexity index is 625. The van der Waals surface area contributed by atoms with Gasteiger partial charge in [-0.1, -0.05) is 17.3 Å². The molecule has 2 saturated heterocycles. The number of hydrogen-bond donors (Lipinski definition) is 1. The third kappa shape index (κ3) is 1.89. The minimum atomic E-state index is 0.376. The molecule has 0 radical (unpaired) electrons. The number of rotatable bonds is 3. The maximum absolute atomic E-state index is 5.49. The van der Waals surface area contributed by atoms with Crippen molar-refractivity contribution < 1.29 is 9.26 Å². The summed E-state index contributed by atoms with van der Waals surface area (Å²) in [6, 6.07) is 8.88. The number of methoxy groups -OCH3 is 1. The quantitative estimate of drug-likeness (QED) is 0.928. The molecule has 0 spiro atoms. The molecule has 1 aromatic carbocycles. The first-order valence-electron chi connectivity index (χ1n) is 7.07. The van der Waals surface area contributed by atoms with Crippen LogP contribution in [0.25, 0.3) is 11.4 Å². The van der Waals surface area contributed by atoms with E-state index in [2.05, 4.69) is 15.5 Å². The van der Waals surface area contributed by atoms with Crippen LogP contribution in [0.2, 0.25) is 0 Å². The molecule has 0 saturated carbocycles. The zero-order valence-corrected chi connectivity index (χ0v) is 11.4. The largest absolute Gasteiger partial charge is 0.497 e. The molecular formula is C15H17N3O2. The van der Waals surface area contributed by atoms with Gasteiger partial charge in [0.05, 0.1) is 13.0 Å². The van der Waals surface area contributed by atoms with E-state index in [0.29, 0.717) is 23.8 Å². The van der Waals surface area contributed by atoms with E-state index in [1.54, 1.807) is 7.11 Å². The fraction of sp³-hybridized carbons (Fsp3) is 0.467. The van der Waals surface area contributed by atoms with Crippen molar-refractivity contribution in [1.82, 2.24) is 15.5 Å². The molecule has 1 aromatic heterocycles. The lowest BCUT2D eigenvalue weighted by atomic mass is 9.89. The zero-order chi connectivity index (χ0) is 13.5. The Morgan fingerprint density at radius 1 is 1.35 bits per heavy atom. The molecule has 2 bridgehead atoms. The summed E-state index contributed by atoms with van der Waals surface area (Å²) in [4.78, 5) is 4.58.